The minimum Gasteiger partial charge on any atom is -0.361 e. The Morgan fingerprint density at radius 3 is 2.79 bits per heavy atom. The summed E-state index contributed by atoms with van der Waals surface area (Å²) < 4.78 is 0. The molecule has 28 heavy (non-hydrogen) atoms. The Bertz CT molecular complexity index is 1050. The molecule has 3 nitrogen and oxygen atoms in total. The van der Waals surface area contributed by atoms with Crippen LogP contribution < -0.4 is 0 Å². The average Bonchev–Trinajstić information content (AvgIpc) is 3.26. The zero-order valence-electron chi connectivity index (χ0n) is 16.3. The number of hydrogen-bond acceptors (Lipinski definition) is 1. The Labute approximate surface area is 166 Å². The summed E-state index contributed by atoms with van der Waals surface area (Å²) >= 11 is 0. The van der Waals surface area contributed by atoms with Crippen LogP contribution in [0.5, 0.6) is 0 Å². The molecule has 2 bridgehead atoms. The quantitative estimate of drug-likeness (QED) is 0.668. The van der Waals surface area contributed by atoms with Crippen molar-refractivity contribution in [3.63, 3.8) is 0 Å². The van der Waals surface area contributed by atoms with Crippen LogP contribution >= 0.6 is 0 Å². The molecule has 2 atom stereocenters. The first-order valence-corrected chi connectivity index (χ1v) is 10.3. The number of hydrogen-bond donors (Lipinski definition) is 1. The lowest BCUT2D eigenvalue weighted by atomic mass is 9.94. The molecule has 1 aromatic heterocycles. The lowest BCUT2D eigenvalue weighted by molar-refractivity contribution is -0.133. The fourth-order valence-electron chi connectivity index (χ4n) is 5.03. The predicted octanol–water partition coefficient (Wildman–Crippen LogP) is 5.26. The molecule has 5 rings (SSSR count). The summed E-state index contributed by atoms with van der Waals surface area (Å²) in [6.07, 6.45) is 9.00. The Kier molecular flexibility index (Phi) is 4.31. The standard InChI is InChI=1S/C25H26N2O/c1-17-6-5-9-23-19(16-26-25(17)23)10-13-24(28)27-21-11-12-22(27)15-20(14-21)18-7-3-2-4-8-18/h2-9,14,16,21-22,26H,10-13,15H2,1H3. The Morgan fingerprint density at radius 2 is 1.96 bits per heavy atom. The van der Waals surface area contributed by atoms with E-state index in [0.717, 1.165) is 25.7 Å². The maximum Gasteiger partial charge on any atom is 0.223 e. The van der Waals surface area contributed by atoms with Crippen molar-refractivity contribution < 1.29 is 4.79 Å². The van der Waals surface area contributed by atoms with Crippen LogP contribution in [0.25, 0.3) is 16.5 Å². The molecule has 2 aliphatic heterocycles. The molecule has 3 aromatic rings. The first-order chi connectivity index (χ1) is 13.7. The second-order valence-electron chi connectivity index (χ2n) is 8.17. The van der Waals surface area contributed by atoms with E-state index in [1.165, 1.54) is 33.2 Å². The molecule has 1 amide bonds. The molecule has 0 spiro atoms. The minimum atomic E-state index is 0.270. The lowest BCUT2D eigenvalue weighted by Gasteiger charge is -2.34. The van der Waals surface area contributed by atoms with Gasteiger partial charge in [0.25, 0.3) is 0 Å². The number of aromatic amines is 1. The van der Waals surface area contributed by atoms with E-state index in [1.807, 2.05) is 0 Å². The van der Waals surface area contributed by atoms with Gasteiger partial charge in [-0.2, -0.15) is 0 Å². The monoisotopic (exact) mass is 370 g/mol. The number of nitrogens with zero attached hydrogens (tertiary/aromatic N) is 1. The number of aryl methyl sites for hydroxylation is 2. The highest BCUT2D eigenvalue weighted by Gasteiger charge is 2.39. The van der Waals surface area contributed by atoms with Gasteiger partial charge < -0.3 is 9.88 Å². The zero-order valence-corrected chi connectivity index (χ0v) is 16.3. The molecule has 1 fully saturated rings. The van der Waals surface area contributed by atoms with E-state index in [1.54, 1.807) is 0 Å². The van der Waals surface area contributed by atoms with Crippen molar-refractivity contribution in [1.82, 2.24) is 9.88 Å². The van der Waals surface area contributed by atoms with Crippen molar-refractivity contribution in [2.45, 2.75) is 51.1 Å². The van der Waals surface area contributed by atoms with Gasteiger partial charge in [0.2, 0.25) is 5.91 Å². The van der Waals surface area contributed by atoms with Gasteiger partial charge in [0.05, 0.1) is 6.04 Å². The molecular weight excluding hydrogens is 344 g/mol. The van der Waals surface area contributed by atoms with Gasteiger partial charge in [0.15, 0.2) is 0 Å². The number of para-hydroxylation sites is 1. The van der Waals surface area contributed by atoms with E-state index in [0.29, 0.717) is 18.4 Å². The second kappa shape index (κ2) is 6.97. The first kappa shape index (κ1) is 17.3. The molecule has 0 aliphatic carbocycles. The lowest BCUT2D eigenvalue weighted by Crippen LogP contribution is -2.43. The van der Waals surface area contributed by atoms with E-state index in [-0.39, 0.29) is 6.04 Å². The molecule has 1 saturated heterocycles. The number of nitrogens with one attached hydrogen (secondary N) is 1. The summed E-state index contributed by atoms with van der Waals surface area (Å²) in [4.78, 5) is 18.6. The van der Waals surface area contributed by atoms with Crippen molar-refractivity contribution in [2.24, 2.45) is 0 Å². The Morgan fingerprint density at radius 1 is 1.11 bits per heavy atom. The van der Waals surface area contributed by atoms with Gasteiger partial charge in [0, 0.05) is 29.6 Å². The van der Waals surface area contributed by atoms with E-state index in [4.69, 9.17) is 0 Å². The molecular formula is C25H26N2O. The third kappa shape index (κ3) is 2.95. The molecule has 0 saturated carbocycles. The Balaban J connectivity index is 1.31. The summed E-state index contributed by atoms with van der Waals surface area (Å²) in [5.74, 6) is 0.304. The van der Waals surface area contributed by atoms with Crippen molar-refractivity contribution >= 4 is 22.4 Å². The van der Waals surface area contributed by atoms with Gasteiger partial charge in [-0.15, -0.1) is 0 Å². The van der Waals surface area contributed by atoms with Crippen molar-refractivity contribution in [3.05, 3.63) is 77.5 Å². The van der Waals surface area contributed by atoms with Gasteiger partial charge in [-0.3, -0.25) is 4.79 Å². The van der Waals surface area contributed by atoms with Crippen molar-refractivity contribution in [1.29, 1.82) is 0 Å². The predicted molar refractivity (Wildman–Crippen MR) is 114 cm³/mol. The van der Waals surface area contributed by atoms with E-state index in [9.17, 15) is 4.79 Å². The third-order valence-electron chi connectivity index (χ3n) is 6.45. The van der Waals surface area contributed by atoms with Gasteiger partial charge >= 0.3 is 0 Å². The number of rotatable bonds is 4. The summed E-state index contributed by atoms with van der Waals surface area (Å²) in [5, 5.41) is 1.25. The van der Waals surface area contributed by atoms with Gasteiger partial charge in [0.1, 0.15) is 0 Å². The normalized spacial score (nSPS) is 21.2. The van der Waals surface area contributed by atoms with Crippen LogP contribution in [-0.4, -0.2) is 27.9 Å². The zero-order chi connectivity index (χ0) is 19.1. The van der Waals surface area contributed by atoms with Gasteiger partial charge in [-0.25, -0.2) is 0 Å². The Hall–Kier alpha value is -2.81. The average molecular weight is 370 g/mol. The molecule has 3 heterocycles. The van der Waals surface area contributed by atoms with Crippen LogP contribution in [0, 0.1) is 6.92 Å². The largest absolute Gasteiger partial charge is 0.361 e. The SMILES string of the molecule is Cc1cccc2c(CCC(=O)N3C4C=C(c5ccccc5)CC3CC4)c[nH]c12. The maximum absolute atomic E-state index is 13.1. The van der Waals surface area contributed by atoms with E-state index >= 15 is 0 Å². The molecule has 0 radical (unpaired) electrons. The summed E-state index contributed by atoms with van der Waals surface area (Å²) in [6, 6.07) is 17.6. The number of carbonyl (C=O) groups is 1. The number of fused-ring (bicyclic) bond motifs is 3. The molecule has 2 aromatic carbocycles. The molecule has 142 valence electrons. The number of H-pyrrole nitrogens is 1. The summed E-state index contributed by atoms with van der Waals surface area (Å²) in [7, 11) is 0. The number of benzene rings is 2. The fraction of sp³-hybridized carbons (Fsp3) is 0.320. The second-order valence-corrected chi connectivity index (χ2v) is 8.17. The first-order valence-electron chi connectivity index (χ1n) is 10.3. The highest BCUT2D eigenvalue weighted by Crippen LogP contribution is 2.39. The van der Waals surface area contributed by atoms with Crippen LogP contribution in [0.1, 0.15) is 42.4 Å². The van der Waals surface area contributed by atoms with E-state index < -0.39 is 0 Å². The van der Waals surface area contributed by atoms with Crippen LogP contribution in [-0.2, 0) is 11.2 Å². The molecule has 3 heteroatoms. The topological polar surface area (TPSA) is 36.1 Å². The van der Waals surface area contributed by atoms with Crippen molar-refractivity contribution in [2.75, 3.05) is 0 Å². The van der Waals surface area contributed by atoms with Crippen LogP contribution in [0.15, 0.2) is 60.8 Å². The van der Waals surface area contributed by atoms with Gasteiger partial charge in [-0.1, -0.05) is 54.6 Å². The number of amides is 1. The van der Waals surface area contributed by atoms with Crippen LogP contribution in [0.3, 0.4) is 0 Å². The smallest absolute Gasteiger partial charge is 0.223 e. The number of aromatic nitrogens is 1. The summed E-state index contributed by atoms with van der Waals surface area (Å²) in [6.45, 7) is 2.12. The number of carbonyl (C=O) groups excluding carboxylic acids is 1. The van der Waals surface area contributed by atoms with Crippen molar-refractivity contribution in [3.8, 4) is 0 Å². The molecule has 2 unspecified atom stereocenters. The highest BCUT2D eigenvalue weighted by molar-refractivity contribution is 5.87. The minimum absolute atomic E-state index is 0.270. The fourth-order valence-corrected chi connectivity index (χ4v) is 5.03. The van der Waals surface area contributed by atoms with Crippen LogP contribution in [0.2, 0.25) is 0 Å². The highest BCUT2D eigenvalue weighted by atomic mass is 16.2. The summed E-state index contributed by atoms with van der Waals surface area (Å²) in [5.41, 5.74) is 6.41. The third-order valence-corrected chi connectivity index (χ3v) is 6.45. The van der Waals surface area contributed by atoms with Crippen LogP contribution in [0.4, 0.5) is 0 Å². The molecule has 1 N–H and O–H groups in total. The van der Waals surface area contributed by atoms with E-state index in [2.05, 4.69) is 77.6 Å². The van der Waals surface area contributed by atoms with Gasteiger partial charge in [-0.05, 0) is 54.9 Å². The maximum atomic E-state index is 13.1. The molecule has 2 aliphatic rings.